The Bertz CT molecular complexity index is 133. The van der Waals surface area contributed by atoms with Crippen molar-refractivity contribution in [2.75, 3.05) is 13.1 Å². The zero-order chi connectivity index (χ0) is 9.68. The van der Waals surface area contributed by atoms with Gasteiger partial charge in [-0.1, -0.05) is 26.7 Å². The molecule has 0 aliphatic carbocycles. The molecule has 1 aliphatic heterocycles. The standard InChI is InChI=1S/C12H25N/c1-4-6-9-13-10-12(5-2)8-7-11(13)3/h11-12H,4-10H2,1-3H3. The van der Waals surface area contributed by atoms with Crippen LogP contribution in [0.5, 0.6) is 0 Å². The largest absolute Gasteiger partial charge is 0.300 e. The summed E-state index contributed by atoms with van der Waals surface area (Å²) in [4.78, 5) is 2.70. The Balaban J connectivity index is 2.31. The zero-order valence-corrected chi connectivity index (χ0v) is 9.55. The number of piperidine rings is 1. The summed E-state index contributed by atoms with van der Waals surface area (Å²) in [7, 11) is 0. The summed E-state index contributed by atoms with van der Waals surface area (Å²) in [5, 5.41) is 0. The van der Waals surface area contributed by atoms with Crippen LogP contribution in [0.3, 0.4) is 0 Å². The van der Waals surface area contributed by atoms with Crippen molar-refractivity contribution in [3.05, 3.63) is 0 Å². The van der Waals surface area contributed by atoms with Crippen LogP contribution in [0.25, 0.3) is 0 Å². The van der Waals surface area contributed by atoms with Gasteiger partial charge in [0.15, 0.2) is 0 Å². The van der Waals surface area contributed by atoms with E-state index in [1.54, 1.807) is 0 Å². The van der Waals surface area contributed by atoms with E-state index in [-0.39, 0.29) is 0 Å². The fourth-order valence-electron chi connectivity index (χ4n) is 2.27. The minimum absolute atomic E-state index is 0.842. The van der Waals surface area contributed by atoms with Gasteiger partial charge in [-0.2, -0.15) is 0 Å². The smallest absolute Gasteiger partial charge is 0.00671 e. The van der Waals surface area contributed by atoms with Crippen LogP contribution in [0.2, 0.25) is 0 Å². The van der Waals surface area contributed by atoms with Gasteiger partial charge in [0.2, 0.25) is 0 Å². The molecular formula is C12H25N. The van der Waals surface area contributed by atoms with Crippen molar-refractivity contribution >= 4 is 0 Å². The fourth-order valence-corrected chi connectivity index (χ4v) is 2.27. The van der Waals surface area contributed by atoms with Gasteiger partial charge in [-0.15, -0.1) is 0 Å². The van der Waals surface area contributed by atoms with Crippen molar-refractivity contribution in [3.63, 3.8) is 0 Å². The molecule has 1 aliphatic rings. The lowest BCUT2D eigenvalue weighted by molar-refractivity contribution is 0.114. The van der Waals surface area contributed by atoms with Crippen molar-refractivity contribution in [1.82, 2.24) is 4.90 Å². The third-order valence-corrected chi connectivity index (χ3v) is 3.48. The Kier molecular flexibility index (Phi) is 4.79. The molecule has 0 radical (unpaired) electrons. The molecule has 0 spiro atoms. The number of hydrogen-bond acceptors (Lipinski definition) is 1. The summed E-state index contributed by atoms with van der Waals surface area (Å²) in [6.07, 6.45) is 6.96. The van der Waals surface area contributed by atoms with Gasteiger partial charge in [-0.25, -0.2) is 0 Å². The van der Waals surface area contributed by atoms with Crippen LogP contribution in [0.4, 0.5) is 0 Å². The second kappa shape index (κ2) is 5.64. The first-order valence-corrected chi connectivity index (χ1v) is 6.02. The minimum atomic E-state index is 0.842. The predicted molar refractivity (Wildman–Crippen MR) is 59.0 cm³/mol. The molecule has 0 N–H and O–H groups in total. The molecule has 1 heteroatoms. The van der Waals surface area contributed by atoms with Gasteiger partial charge in [0.25, 0.3) is 0 Å². The SMILES string of the molecule is CCCCN1CC(CC)CCC1C. The minimum Gasteiger partial charge on any atom is -0.300 e. The third-order valence-electron chi connectivity index (χ3n) is 3.48. The lowest BCUT2D eigenvalue weighted by Crippen LogP contribution is -2.42. The molecule has 0 bridgehead atoms. The number of nitrogens with zero attached hydrogens (tertiary/aromatic N) is 1. The third kappa shape index (κ3) is 3.30. The maximum atomic E-state index is 2.70. The first kappa shape index (κ1) is 11.0. The topological polar surface area (TPSA) is 3.24 Å². The van der Waals surface area contributed by atoms with Gasteiger partial charge < -0.3 is 4.90 Å². The number of hydrogen-bond donors (Lipinski definition) is 0. The second-order valence-corrected chi connectivity index (χ2v) is 4.55. The van der Waals surface area contributed by atoms with Crippen LogP contribution in [-0.4, -0.2) is 24.0 Å². The van der Waals surface area contributed by atoms with Crippen LogP contribution in [0, 0.1) is 5.92 Å². The normalized spacial score (nSPS) is 30.7. The summed E-state index contributed by atoms with van der Waals surface area (Å²) in [6.45, 7) is 9.69. The molecule has 0 aromatic carbocycles. The van der Waals surface area contributed by atoms with E-state index >= 15 is 0 Å². The van der Waals surface area contributed by atoms with Gasteiger partial charge in [0, 0.05) is 12.6 Å². The first-order chi connectivity index (χ1) is 6.27. The Morgan fingerprint density at radius 2 is 2.00 bits per heavy atom. The van der Waals surface area contributed by atoms with E-state index in [9.17, 15) is 0 Å². The van der Waals surface area contributed by atoms with Crippen LogP contribution < -0.4 is 0 Å². The van der Waals surface area contributed by atoms with Crippen molar-refractivity contribution in [3.8, 4) is 0 Å². The number of unbranched alkanes of at least 4 members (excludes halogenated alkanes) is 1. The molecule has 1 saturated heterocycles. The van der Waals surface area contributed by atoms with E-state index in [4.69, 9.17) is 0 Å². The average Bonchev–Trinajstić information content (AvgIpc) is 2.17. The lowest BCUT2D eigenvalue weighted by atomic mass is 9.91. The molecule has 2 unspecified atom stereocenters. The summed E-state index contributed by atoms with van der Waals surface area (Å²) < 4.78 is 0. The van der Waals surface area contributed by atoms with Crippen LogP contribution in [0.15, 0.2) is 0 Å². The van der Waals surface area contributed by atoms with Crippen molar-refractivity contribution in [2.24, 2.45) is 5.92 Å². The summed E-state index contributed by atoms with van der Waals surface area (Å²) in [6, 6.07) is 0.842. The summed E-state index contributed by atoms with van der Waals surface area (Å²) >= 11 is 0. The molecule has 1 nitrogen and oxygen atoms in total. The maximum absolute atomic E-state index is 2.70. The Morgan fingerprint density at radius 3 is 2.62 bits per heavy atom. The van der Waals surface area contributed by atoms with Crippen LogP contribution >= 0.6 is 0 Å². The first-order valence-electron chi connectivity index (χ1n) is 6.02. The highest BCUT2D eigenvalue weighted by atomic mass is 15.2. The quantitative estimate of drug-likeness (QED) is 0.646. The highest BCUT2D eigenvalue weighted by Crippen LogP contribution is 2.23. The van der Waals surface area contributed by atoms with Gasteiger partial charge >= 0.3 is 0 Å². The zero-order valence-electron chi connectivity index (χ0n) is 9.55. The predicted octanol–water partition coefficient (Wildman–Crippen LogP) is 3.30. The van der Waals surface area contributed by atoms with Gasteiger partial charge in [-0.05, 0) is 38.6 Å². The van der Waals surface area contributed by atoms with Crippen molar-refractivity contribution < 1.29 is 0 Å². The van der Waals surface area contributed by atoms with E-state index in [0.717, 1.165) is 12.0 Å². The van der Waals surface area contributed by atoms with Crippen LogP contribution in [0.1, 0.15) is 52.9 Å². The lowest BCUT2D eigenvalue weighted by Gasteiger charge is -2.37. The highest BCUT2D eigenvalue weighted by molar-refractivity contribution is 4.77. The molecule has 0 aromatic heterocycles. The van der Waals surface area contributed by atoms with E-state index in [0.29, 0.717) is 0 Å². The molecular weight excluding hydrogens is 158 g/mol. The molecule has 1 rings (SSSR count). The van der Waals surface area contributed by atoms with E-state index in [2.05, 4.69) is 25.7 Å². The fraction of sp³-hybridized carbons (Fsp3) is 1.00. The monoisotopic (exact) mass is 183 g/mol. The van der Waals surface area contributed by atoms with Crippen molar-refractivity contribution in [2.45, 2.75) is 58.9 Å². The maximum Gasteiger partial charge on any atom is 0.00671 e. The van der Waals surface area contributed by atoms with Crippen LogP contribution in [-0.2, 0) is 0 Å². The Morgan fingerprint density at radius 1 is 1.23 bits per heavy atom. The molecule has 1 fully saturated rings. The number of rotatable bonds is 4. The highest BCUT2D eigenvalue weighted by Gasteiger charge is 2.23. The molecule has 78 valence electrons. The molecule has 0 amide bonds. The summed E-state index contributed by atoms with van der Waals surface area (Å²) in [5.41, 5.74) is 0. The van der Waals surface area contributed by atoms with E-state index in [1.807, 2.05) is 0 Å². The Labute approximate surface area is 83.5 Å². The Hall–Kier alpha value is -0.0400. The molecule has 0 aromatic rings. The second-order valence-electron chi connectivity index (χ2n) is 4.55. The van der Waals surface area contributed by atoms with Gasteiger partial charge in [0.1, 0.15) is 0 Å². The molecule has 1 heterocycles. The molecule has 13 heavy (non-hydrogen) atoms. The average molecular weight is 183 g/mol. The summed E-state index contributed by atoms with van der Waals surface area (Å²) in [5.74, 6) is 0.980. The molecule has 0 saturated carbocycles. The van der Waals surface area contributed by atoms with E-state index < -0.39 is 0 Å². The van der Waals surface area contributed by atoms with Gasteiger partial charge in [-0.3, -0.25) is 0 Å². The van der Waals surface area contributed by atoms with Crippen molar-refractivity contribution in [1.29, 1.82) is 0 Å². The van der Waals surface area contributed by atoms with Gasteiger partial charge in [0.05, 0.1) is 0 Å². The number of likely N-dealkylation sites (tertiary alicyclic amines) is 1. The molecule has 2 atom stereocenters. The van der Waals surface area contributed by atoms with E-state index in [1.165, 1.54) is 45.2 Å².